The Kier molecular flexibility index (Phi) is 3.66. The van der Waals surface area contributed by atoms with Crippen molar-refractivity contribution < 1.29 is 14.7 Å². The van der Waals surface area contributed by atoms with Gasteiger partial charge in [-0.15, -0.1) is 0 Å². The lowest BCUT2D eigenvalue weighted by Crippen LogP contribution is -2.40. The molecule has 0 saturated carbocycles. The van der Waals surface area contributed by atoms with Crippen molar-refractivity contribution in [1.29, 1.82) is 0 Å². The Morgan fingerprint density at radius 1 is 1.47 bits per heavy atom. The maximum Gasteiger partial charge on any atom is 0.408 e. The molecular weight excluding hydrogens is 246 g/mol. The number of amides is 2. The van der Waals surface area contributed by atoms with E-state index in [9.17, 15) is 14.7 Å². The van der Waals surface area contributed by atoms with E-state index in [0.29, 0.717) is 5.56 Å². The lowest BCUT2D eigenvalue weighted by Gasteiger charge is -2.20. The fourth-order valence-corrected chi connectivity index (χ4v) is 2.18. The summed E-state index contributed by atoms with van der Waals surface area (Å²) in [6.07, 6.45) is -1.12. The van der Waals surface area contributed by atoms with Crippen LogP contribution in [0.3, 0.4) is 0 Å². The minimum atomic E-state index is -1.12. The Bertz CT molecular complexity index is 550. The lowest BCUT2D eigenvalue weighted by atomic mass is 10.0. The van der Waals surface area contributed by atoms with E-state index in [-0.39, 0.29) is 25.5 Å². The summed E-state index contributed by atoms with van der Waals surface area (Å²) in [4.78, 5) is 27.5. The second-order valence-corrected chi connectivity index (χ2v) is 4.18. The highest BCUT2D eigenvalue weighted by atomic mass is 16.4. The fourth-order valence-electron chi connectivity index (χ4n) is 2.18. The standard InChI is InChI=1S/C13H13N3O3/c1-14-6-7-15-12(17)11-10-5-3-2-4-9(10)8-16(11)13(18)19/h2-5,11H,6-8H2,(H,15,17)(H,18,19). The molecule has 0 radical (unpaired) electrons. The van der Waals surface area contributed by atoms with Crippen molar-refractivity contribution in [3.63, 3.8) is 0 Å². The maximum atomic E-state index is 12.1. The van der Waals surface area contributed by atoms with Gasteiger partial charge in [-0.2, -0.15) is 0 Å². The quantitative estimate of drug-likeness (QED) is 0.634. The van der Waals surface area contributed by atoms with Gasteiger partial charge in [0.2, 0.25) is 12.5 Å². The minimum Gasteiger partial charge on any atom is -0.465 e. The van der Waals surface area contributed by atoms with Crippen LogP contribution >= 0.6 is 0 Å². The second kappa shape index (κ2) is 5.40. The fraction of sp³-hybridized carbons (Fsp3) is 0.308. The third kappa shape index (κ3) is 2.50. The van der Waals surface area contributed by atoms with Crippen molar-refractivity contribution in [2.45, 2.75) is 12.6 Å². The topological polar surface area (TPSA) is 74.0 Å². The number of fused-ring (bicyclic) bond motifs is 1. The number of carbonyl (C=O) groups excluding carboxylic acids is 1. The summed E-state index contributed by atoms with van der Waals surface area (Å²) < 4.78 is 0. The Morgan fingerprint density at radius 2 is 2.21 bits per heavy atom. The highest BCUT2D eigenvalue weighted by molar-refractivity contribution is 5.88. The monoisotopic (exact) mass is 259 g/mol. The van der Waals surface area contributed by atoms with E-state index in [1.807, 2.05) is 12.1 Å². The van der Waals surface area contributed by atoms with E-state index < -0.39 is 12.1 Å². The van der Waals surface area contributed by atoms with Crippen molar-refractivity contribution in [3.05, 3.63) is 46.8 Å². The normalized spacial score (nSPS) is 16.6. The summed E-state index contributed by atoms with van der Waals surface area (Å²) in [6, 6.07) is 6.36. The van der Waals surface area contributed by atoms with Gasteiger partial charge >= 0.3 is 6.09 Å². The lowest BCUT2D eigenvalue weighted by molar-refractivity contribution is -0.125. The van der Waals surface area contributed by atoms with Crippen LogP contribution in [0.15, 0.2) is 24.3 Å². The number of hydrogen-bond donors (Lipinski definition) is 2. The first-order chi connectivity index (χ1) is 9.15. The molecule has 6 heteroatoms. The molecule has 0 saturated heterocycles. The zero-order chi connectivity index (χ0) is 13.8. The first-order valence-electron chi connectivity index (χ1n) is 5.83. The van der Waals surface area contributed by atoms with Crippen LogP contribution in [0.2, 0.25) is 0 Å². The number of nitrogens with one attached hydrogen (secondary N) is 1. The van der Waals surface area contributed by atoms with Crippen LogP contribution in [0.1, 0.15) is 17.2 Å². The van der Waals surface area contributed by atoms with Crippen LogP contribution in [0.25, 0.3) is 4.85 Å². The van der Waals surface area contributed by atoms with Crippen LogP contribution in [0, 0.1) is 6.57 Å². The summed E-state index contributed by atoms with van der Waals surface area (Å²) in [5.41, 5.74) is 1.56. The van der Waals surface area contributed by atoms with Crippen LogP contribution in [0.5, 0.6) is 0 Å². The number of benzene rings is 1. The van der Waals surface area contributed by atoms with Gasteiger partial charge in [-0.25, -0.2) is 11.4 Å². The number of nitrogens with zero attached hydrogens (tertiary/aromatic N) is 2. The number of carboxylic acid groups (broad SMARTS) is 1. The highest BCUT2D eigenvalue weighted by Gasteiger charge is 2.38. The number of rotatable bonds is 3. The van der Waals surface area contributed by atoms with Gasteiger partial charge in [-0.3, -0.25) is 9.69 Å². The van der Waals surface area contributed by atoms with E-state index >= 15 is 0 Å². The van der Waals surface area contributed by atoms with E-state index in [1.54, 1.807) is 12.1 Å². The highest BCUT2D eigenvalue weighted by Crippen LogP contribution is 2.33. The summed E-state index contributed by atoms with van der Waals surface area (Å²) in [5, 5.41) is 11.8. The number of hydrogen-bond acceptors (Lipinski definition) is 2. The molecule has 1 atom stereocenters. The molecule has 2 amide bonds. The minimum absolute atomic E-state index is 0.188. The first-order valence-corrected chi connectivity index (χ1v) is 5.83. The smallest absolute Gasteiger partial charge is 0.408 e. The Balaban J connectivity index is 2.22. The summed E-state index contributed by atoms with van der Waals surface area (Å²) >= 11 is 0. The third-order valence-corrected chi connectivity index (χ3v) is 3.02. The molecule has 6 nitrogen and oxygen atoms in total. The molecule has 0 bridgehead atoms. The first kappa shape index (κ1) is 12.9. The van der Waals surface area contributed by atoms with Crippen molar-refractivity contribution in [2.24, 2.45) is 0 Å². The molecule has 1 unspecified atom stereocenters. The predicted octanol–water partition coefficient (Wildman–Crippen LogP) is 1.26. The van der Waals surface area contributed by atoms with Gasteiger partial charge in [0.25, 0.3) is 0 Å². The third-order valence-electron chi connectivity index (χ3n) is 3.02. The van der Waals surface area contributed by atoms with Crippen molar-refractivity contribution >= 4 is 12.0 Å². The molecule has 1 aromatic carbocycles. The maximum absolute atomic E-state index is 12.1. The predicted molar refractivity (Wildman–Crippen MR) is 67.2 cm³/mol. The zero-order valence-corrected chi connectivity index (χ0v) is 10.2. The largest absolute Gasteiger partial charge is 0.465 e. The van der Waals surface area contributed by atoms with Gasteiger partial charge in [-0.1, -0.05) is 24.3 Å². The SMILES string of the molecule is [C-]#[N+]CCNC(=O)C1c2ccccc2CN1C(=O)O. The van der Waals surface area contributed by atoms with Gasteiger partial charge in [0, 0.05) is 0 Å². The Morgan fingerprint density at radius 3 is 2.89 bits per heavy atom. The molecule has 1 aliphatic heterocycles. The summed E-state index contributed by atoms with van der Waals surface area (Å²) in [6.45, 7) is 7.28. The molecule has 0 spiro atoms. The van der Waals surface area contributed by atoms with Gasteiger partial charge in [0.15, 0.2) is 0 Å². The molecule has 0 aliphatic carbocycles. The van der Waals surface area contributed by atoms with Crippen molar-refractivity contribution in [3.8, 4) is 0 Å². The van der Waals surface area contributed by atoms with E-state index in [4.69, 9.17) is 6.57 Å². The molecule has 98 valence electrons. The van der Waals surface area contributed by atoms with Crippen LogP contribution < -0.4 is 5.32 Å². The molecule has 2 N–H and O–H groups in total. The number of carbonyl (C=O) groups is 2. The van der Waals surface area contributed by atoms with Crippen molar-refractivity contribution in [2.75, 3.05) is 13.1 Å². The molecule has 2 rings (SSSR count). The molecule has 0 fully saturated rings. The van der Waals surface area contributed by atoms with Crippen LogP contribution in [-0.2, 0) is 11.3 Å². The van der Waals surface area contributed by atoms with Gasteiger partial charge in [0.05, 0.1) is 13.1 Å². The molecule has 19 heavy (non-hydrogen) atoms. The molecule has 1 heterocycles. The van der Waals surface area contributed by atoms with Crippen molar-refractivity contribution in [1.82, 2.24) is 10.2 Å². The average Bonchev–Trinajstić information content (AvgIpc) is 2.78. The van der Waals surface area contributed by atoms with Gasteiger partial charge in [-0.05, 0) is 11.1 Å². The summed E-state index contributed by atoms with van der Waals surface area (Å²) in [5.74, 6) is -0.379. The van der Waals surface area contributed by atoms with E-state index in [0.717, 1.165) is 10.5 Å². The van der Waals surface area contributed by atoms with Crippen LogP contribution in [-0.4, -0.2) is 35.1 Å². The van der Waals surface area contributed by atoms with Gasteiger partial charge in [0.1, 0.15) is 6.04 Å². The Hall–Kier alpha value is -2.55. The second-order valence-electron chi connectivity index (χ2n) is 4.18. The average molecular weight is 259 g/mol. The molecule has 1 aromatic rings. The molecular formula is C13H13N3O3. The van der Waals surface area contributed by atoms with Gasteiger partial charge < -0.3 is 15.3 Å². The molecule has 1 aliphatic rings. The van der Waals surface area contributed by atoms with E-state index in [1.165, 1.54) is 0 Å². The Labute approximate surface area is 110 Å². The zero-order valence-electron chi connectivity index (χ0n) is 10.2. The summed E-state index contributed by atoms with van der Waals surface area (Å²) in [7, 11) is 0. The van der Waals surface area contributed by atoms with Crippen LogP contribution in [0.4, 0.5) is 4.79 Å². The van der Waals surface area contributed by atoms with E-state index in [2.05, 4.69) is 10.2 Å². The molecule has 0 aromatic heterocycles.